The van der Waals surface area contributed by atoms with Gasteiger partial charge in [0.15, 0.2) is 5.82 Å². The number of nitrogens with zero attached hydrogens (tertiary/aromatic N) is 6. The summed E-state index contributed by atoms with van der Waals surface area (Å²) in [5.41, 5.74) is 3.39. The van der Waals surface area contributed by atoms with Gasteiger partial charge in [0.1, 0.15) is 10.7 Å². The molecule has 1 aliphatic carbocycles. The predicted molar refractivity (Wildman–Crippen MR) is 111 cm³/mol. The van der Waals surface area contributed by atoms with Crippen LogP contribution in [0.25, 0.3) is 21.6 Å². The second-order valence-corrected chi connectivity index (χ2v) is 8.34. The second kappa shape index (κ2) is 6.70. The van der Waals surface area contributed by atoms with Crippen LogP contribution in [0.5, 0.6) is 0 Å². The van der Waals surface area contributed by atoms with Crippen molar-refractivity contribution in [1.82, 2.24) is 30.2 Å². The van der Waals surface area contributed by atoms with E-state index in [4.69, 9.17) is 4.98 Å². The molecule has 146 valence electrons. The Kier molecular flexibility index (Phi) is 4.13. The van der Waals surface area contributed by atoms with Crippen LogP contribution in [-0.2, 0) is 7.05 Å². The number of thiophene rings is 1. The first kappa shape index (κ1) is 17.9. The van der Waals surface area contributed by atoms with Crippen LogP contribution in [0.1, 0.15) is 45.5 Å². The molecule has 1 saturated carbocycles. The first-order chi connectivity index (χ1) is 14.0. The van der Waals surface area contributed by atoms with E-state index in [1.807, 2.05) is 38.1 Å². The smallest absolute Gasteiger partial charge is 0.266 e. The molecule has 0 aliphatic heterocycles. The number of rotatable bonds is 4. The summed E-state index contributed by atoms with van der Waals surface area (Å²) in [6.45, 7) is 3.96. The third kappa shape index (κ3) is 3.17. The fourth-order valence-electron chi connectivity index (χ4n) is 3.50. The summed E-state index contributed by atoms with van der Waals surface area (Å²) in [4.78, 5) is 24.0. The van der Waals surface area contributed by atoms with E-state index in [2.05, 4.69) is 25.8 Å². The van der Waals surface area contributed by atoms with Gasteiger partial charge in [0.2, 0.25) is 0 Å². The lowest BCUT2D eigenvalue weighted by atomic mass is 10.1. The number of hydrogen-bond donors (Lipinski definition) is 1. The van der Waals surface area contributed by atoms with Crippen LogP contribution >= 0.6 is 11.3 Å². The first-order valence-electron chi connectivity index (χ1n) is 9.43. The van der Waals surface area contributed by atoms with E-state index in [9.17, 15) is 4.79 Å². The summed E-state index contributed by atoms with van der Waals surface area (Å²) in [6.07, 6.45) is 2.31. The SMILES string of the molecule is Cc1nc(C2CC2)nc2sc(C(=O)Nc3cccc(-c4nnnn4C)c3)c(C)c12. The Balaban J connectivity index is 1.47. The second-order valence-electron chi connectivity index (χ2n) is 7.34. The largest absolute Gasteiger partial charge is 0.321 e. The monoisotopic (exact) mass is 405 g/mol. The van der Waals surface area contributed by atoms with Gasteiger partial charge in [0, 0.05) is 29.6 Å². The summed E-state index contributed by atoms with van der Waals surface area (Å²) < 4.78 is 1.59. The summed E-state index contributed by atoms with van der Waals surface area (Å²) in [6, 6.07) is 7.49. The summed E-state index contributed by atoms with van der Waals surface area (Å²) >= 11 is 1.43. The molecule has 0 spiro atoms. The molecule has 0 bridgehead atoms. The molecule has 1 aliphatic rings. The maximum Gasteiger partial charge on any atom is 0.266 e. The number of benzene rings is 1. The van der Waals surface area contributed by atoms with E-state index in [1.165, 1.54) is 11.3 Å². The van der Waals surface area contributed by atoms with Gasteiger partial charge in [-0.25, -0.2) is 14.6 Å². The quantitative estimate of drug-likeness (QED) is 0.557. The maximum atomic E-state index is 13.0. The molecule has 29 heavy (non-hydrogen) atoms. The van der Waals surface area contributed by atoms with Crippen LogP contribution in [0.3, 0.4) is 0 Å². The van der Waals surface area contributed by atoms with Gasteiger partial charge >= 0.3 is 0 Å². The fourth-order valence-corrected chi connectivity index (χ4v) is 4.63. The molecule has 9 heteroatoms. The molecule has 1 N–H and O–H groups in total. The van der Waals surface area contributed by atoms with Crippen LogP contribution in [0, 0.1) is 13.8 Å². The van der Waals surface area contributed by atoms with E-state index in [1.54, 1.807) is 11.7 Å². The van der Waals surface area contributed by atoms with Crippen LogP contribution in [0.2, 0.25) is 0 Å². The molecule has 5 rings (SSSR count). The van der Waals surface area contributed by atoms with Crippen molar-refractivity contribution in [1.29, 1.82) is 0 Å². The third-order valence-electron chi connectivity index (χ3n) is 5.14. The third-order valence-corrected chi connectivity index (χ3v) is 6.32. The van der Waals surface area contributed by atoms with E-state index in [-0.39, 0.29) is 5.91 Å². The Labute approximate surface area is 171 Å². The lowest BCUT2D eigenvalue weighted by Gasteiger charge is -2.06. The highest BCUT2D eigenvalue weighted by atomic mass is 32.1. The van der Waals surface area contributed by atoms with Crippen molar-refractivity contribution in [3.8, 4) is 11.4 Å². The van der Waals surface area contributed by atoms with Crippen LogP contribution in [0.15, 0.2) is 24.3 Å². The topological polar surface area (TPSA) is 98.5 Å². The Morgan fingerprint density at radius 1 is 1.24 bits per heavy atom. The van der Waals surface area contributed by atoms with Crippen molar-refractivity contribution in [2.24, 2.45) is 7.05 Å². The van der Waals surface area contributed by atoms with Crippen molar-refractivity contribution < 1.29 is 4.79 Å². The molecule has 1 fully saturated rings. The van der Waals surface area contributed by atoms with Crippen molar-refractivity contribution in [3.63, 3.8) is 0 Å². The van der Waals surface area contributed by atoms with E-state index in [0.717, 1.165) is 45.7 Å². The number of anilines is 1. The molecule has 3 heterocycles. The summed E-state index contributed by atoms with van der Waals surface area (Å²) in [5, 5.41) is 15.5. The minimum atomic E-state index is -0.147. The van der Waals surface area contributed by atoms with Gasteiger partial charge in [-0.05, 0) is 54.8 Å². The molecular formula is C20H19N7OS. The fraction of sp³-hybridized carbons (Fsp3) is 0.300. The van der Waals surface area contributed by atoms with Gasteiger partial charge in [-0.2, -0.15) is 0 Å². The first-order valence-corrected chi connectivity index (χ1v) is 10.2. The molecule has 0 atom stereocenters. The standard InChI is InChI=1S/C20H19N7OS/c1-10-15-11(2)21-17(12-7-8-12)23-20(15)29-16(10)19(28)22-14-6-4-5-13(9-14)18-24-25-26-27(18)3/h4-6,9,12H,7-8H2,1-3H3,(H,22,28). The van der Waals surface area contributed by atoms with E-state index in [0.29, 0.717) is 22.3 Å². The molecule has 3 aromatic heterocycles. The molecular weight excluding hydrogens is 386 g/mol. The number of aryl methyl sites for hydroxylation is 3. The Morgan fingerprint density at radius 3 is 2.79 bits per heavy atom. The highest BCUT2D eigenvalue weighted by molar-refractivity contribution is 7.20. The van der Waals surface area contributed by atoms with E-state index >= 15 is 0 Å². The summed E-state index contributed by atoms with van der Waals surface area (Å²) in [7, 11) is 1.78. The number of nitrogens with one attached hydrogen (secondary N) is 1. The van der Waals surface area contributed by atoms with E-state index < -0.39 is 0 Å². The molecule has 0 saturated heterocycles. The average molecular weight is 405 g/mol. The number of aromatic nitrogens is 6. The number of carbonyl (C=O) groups is 1. The number of amides is 1. The average Bonchev–Trinajstić information content (AvgIpc) is 3.37. The Morgan fingerprint density at radius 2 is 2.07 bits per heavy atom. The predicted octanol–water partition coefficient (Wildman–Crippen LogP) is 3.63. The number of fused-ring (bicyclic) bond motifs is 1. The van der Waals surface area contributed by atoms with Crippen LogP contribution in [-0.4, -0.2) is 36.1 Å². The van der Waals surface area contributed by atoms with Gasteiger partial charge in [-0.1, -0.05) is 12.1 Å². The highest BCUT2D eigenvalue weighted by Gasteiger charge is 2.28. The molecule has 1 amide bonds. The van der Waals surface area contributed by atoms with Crippen molar-refractivity contribution in [3.05, 3.63) is 46.2 Å². The van der Waals surface area contributed by atoms with Crippen molar-refractivity contribution in [2.45, 2.75) is 32.6 Å². The Hall–Kier alpha value is -3.20. The molecule has 0 radical (unpaired) electrons. The van der Waals surface area contributed by atoms with Crippen molar-refractivity contribution in [2.75, 3.05) is 5.32 Å². The van der Waals surface area contributed by atoms with Gasteiger partial charge < -0.3 is 5.32 Å². The van der Waals surface area contributed by atoms with Gasteiger partial charge in [-0.15, -0.1) is 16.4 Å². The zero-order valence-corrected chi connectivity index (χ0v) is 17.1. The maximum absolute atomic E-state index is 13.0. The Bertz CT molecular complexity index is 1260. The molecule has 8 nitrogen and oxygen atoms in total. The normalized spacial score (nSPS) is 13.8. The number of hydrogen-bond acceptors (Lipinski definition) is 7. The summed E-state index contributed by atoms with van der Waals surface area (Å²) in [5.74, 6) is 1.88. The molecule has 0 unspecified atom stereocenters. The van der Waals surface area contributed by atoms with Gasteiger partial charge in [0.25, 0.3) is 5.91 Å². The lowest BCUT2D eigenvalue weighted by Crippen LogP contribution is -2.11. The van der Waals surface area contributed by atoms with Crippen LogP contribution < -0.4 is 5.32 Å². The number of carbonyl (C=O) groups excluding carboxylic acids is 1. The molecule has 1 aromatic carbocycles. The minimum Gasteiger partial charge on any atom is -0.321 e. The highest BCUT2D eigenvalue weighted by Crippen LogP contribution is 2.40. The molecule has 4 aromatic rings. The van der Waals surface area contributed by atoms with Crippen LogP contribution in [0.4, 0.5) is 5.69 Å². The van der Waals surface area contributed by atoms with Gasteiger partial charge in [-0.3, -0.25) is 4.79 Å². The minimum absolute atomic E-state index is 0.147. The zero-order valence-electron chi connectivity index (χ0n) is 16.3. The zero-order chi connectivity index (χ0) is 20.1. The lowest BCUT2D eigenvalue weighted by molar-refractivity contribution is 0.103. The van der Waals surface area contributed by atoms with Crippen molar-refractivity contribution >= 4 is 33.1 Å². The number of tetrazole rings is 1. The van der Waals surface area contributed by atoms with Gasteiger partial charge in [0.05, 0.1) is 10.6 Å².